The largest absolute Gasteiger partial charge is 0.477 e. The van der Waals surface area contributed by atoms with E-state index in [1.54, 1.807) is 12.1 Å². The number of rotatable bonds is 4. The van der Waals surface area contributed by atoms with Crippen molar-refractivity contribution in [1.82, 2.24) is 9.97 Å². The topological polar surface area (TPSA) is 63.1 Å². The summed E-state index contributed by atoms with van der Waals surface area (Å²) in [7, 11) is 0. The van der Waals surface area contributed by atoms with Crippen LogP contribution >= 0.6 is 0 Å². The van der Waals surface area contributed by atoms with Crippen LogP contribution in [0.15, 0.2) is 85.2 Å². The van der Waals surface area contributed by atoms with Crippen LogP contribution in [0, 0.1) is 6.07 Å². The van der Waals surface area contributed by atoms with E-state index in [1.165, 1.54) is 37.9 Å². The third kappa shape index (κ3) is 5.06. The molecule has 0 unspecified atom stereocenters. The monoisotopic (exact) mass is 694 g/mol. The number of fused-ring (bicyclic) bond motifs is 2. The van der Waals surface area contributed by atoms with Gasteiger partial charge in [0.05, 0.1) is 0 Å². The molecule has 0 aliphatic carbocycles. The second kappa shape index (κ2) is 11.7. The van der Waals surface area contributed by atoms with Gasteiger partial charge in [0.2, 0.25) is 0 Å². The average molecular weight is 693 g/mol. The van der Waals surface area contributed by atoms with E-state index in [4.69, 9.17) is 5.11 Å². The zero-order valence-corrected chi connectivity index (χ0v) is 23.1. The van der Waals surface area contributed by atoms with Gasteiger partial charge in [-0.15, -0.1) is 0 Å². The minimum absolute atomic E-state index is 0. The first kappa shape index (κ1) is 26.0. The van der Waals surface area contributed by atoms with Gasteiger partial charge in [0, 0.05) is 26.3 Å². The molecule has 34 heavy (non-hydrogen) atoms. The molecule has 0 atom stereocenters. The van der Waals surface area contributed by atoms with Crippen LogP contribution in [0.4, 0.5) is 0 Å². The molecule has 2 aromatic heterocycles. The first-order valence-electron chi connectivity index (χ1n) is 11.0. The van der Waals surface area contributed by atoms with E-state index >= 15 is 0 Å². The van der Waals surface area contributed by atoms with Gasteiger partial charge < -0.3 is 5.11 Å². The summed E-state index contributed by atoms with van der Waals surface area (Å²) in [5.74, 6) is -0.990. The number of hydrogen-bond donors (Lipinski definition) is 1. The molecule has 2 aromatic carbocycles. The van der Waals surface area contributed by atoms with E-state index in [0.717, 1.165) is 18.5 Å². The summed E-state index contributed by atoms with van der Waals surface area (Å²) in [4.78, 5) is 18.3. The summed E-state index contributed by atoms with van der Waals surface area (Å²) in [6.45, 7) is 4.63. The van der Waals surface area contributed by atoms with Crippen molar-refractivity contribution >= 4 is 29.8 Å². The third-order valence-electron chi connectivity index (χ3n) is 6.07. The first-order valence-corrected chi connectivity index (χ1v) is 12.7. The summed E-state index contributed by atoms with van der Waals surface area (Å²) < 4.78 is 3.02. The standard InChI is InChI=1S/C22H20NSe.C6H5NO2.Ir/c1-3-22(4-2)17-11-5-6-13-19(17)24-20-14-9-10-16(21(20)22)18-12-7-8-15-23-18;8-6(9)5-3-1-2-4-7-5;/h5-9,11-15H,3-4H2,1-2H3;1-4H,(H,8,9);/q-1;;. The summed E-state index contributed by atoms with van der Waals surface area (Å²) in [5.41, 5.74) is 5.35. The maximum absolute atomic E-state index is 10.1. The van der Waals surface area contributed by atoms with E-state index in [9.17, 15) is 4.79 Å². The number of carbonyl (C=O) groups is 1. The van der Waals surface area contributed by atoms with Crippen molar-refractivity contribution in [3.8, 4) is 11.3 Å². The van der Waals surface area contributed by atoms with Crippen molar-refractivity contribution in [2.45, 2.75) is 32.1 Å². The van der Waals surface area contributed by atoms with Crippen molar-refractivity contribution in [3.63, 3.8) is 0 Å². The van der Waals surface area contributed by atoms with Crippen LogP contribution in [-0.2, 0) is 25.5 Å². The first-order chi connectivity index (χ1) is 16.1. The number of carboxylic acid groups (broad SMARTS) is 1. The zero-order valence-electron chi connectivity index (χ0n) is 19.0. The van der Waals surface area contributed by atoms with Crippen LogP contribution in [0.1, 0.15) is 48.3 Å². The molecule has 0 amide bonds. The Kier molecular flexibility index (Phi) is 8.93. The zero-order chi connectivity index (χ0) is 23.3. The maximum Gasteiger partial charge on any atom is 0.354 e. The SMILES string of the molecule is CCC1(CC)c2ccccc2[Se]c2cc[c-]c(-c3ccccn3)c21.O=C(O)c1ccccn1.[Ir]. The average Bonchev–Trinajstić information content (AvgIpc) is 2.88. The van der Waals surface area contributed by atoms with Gasteiger partial charge in [0.15, 0.2) is 0 Å². The molecule has 1 N–H and O–H groups in total. The smallest absolute Gasteiger partial charge is 0.354 e. The predicted octanol–water partition coefficient (Wildman–Crippen LogP) is 4.40. The van der Waals surface area contributed by atoms with Crippen molar-refractivity contribution in [2.24, 2.45) is 0 Å². The number of nitrogens with zero attached hydrogens (tertiary/aromatic N) is 2. The molecule has 1 aliphatic heterocycles. The maximum atomic E-state index is 10.1. The molecule has 0 fully saturated rings. The third-order valence-corrected chi connectivity index (χ3v) is 8.46. The Hall–Kier alpha value is -2.62. The molecule has 0 saturated heterocycles. The summed E-state index contributed by atoms with van der Waals surface area (Å²) >= 11 is 0.346. The molecule has 0 spiro atoms. The van der Waals surface area contributed by atoms with Gasteiger partial charge in [0.25, 0.3) is 0 Å². The van der Waals surface area contributed by atoms with E-state index < -0.39 is 5.97 Å². The number of aromatic nitrogens is 2. The Bertz CT molecular complexity index is 1250. The van der Waals surface area contributed by atoms with E-state index in [-0.39, 0.29) is 31.2 Å². The molecule has 3 heterocycles. The van der Waals surface area contributed by atoms with E-state index in [0.29, 0.717) is 15.0 Å². The molecule has 1 radical (unpaired) electrons. The van der Waals surface area contributed by atoms with E-state index in [1.807, 2.05) is 12.3 Å². The summed E-state index contributed by atoms with van der Waals surface area (Å²) in [5, 5.41) is 8.32. The number of hydrogen-bond acceptors (Lipinski definition) is 3. The predicted molar refractivity (Wildman–Crippen MR) is 133 cm³/mol. The Morgan fingerprint density at radius 2 is 1.59 bits per heavy atom. The van der Waals surface area contributed by atoms with Crippen LogP contribution < -0.4 is 8.92 Å². The van der Waals surface area contributed by atoms with Crippen LogP contribution in [0.3, 0.4) is 0 Å². The molecule has 4 aromatic rings. The van der Waals surface area contributed by atoms with Crippen molar-refractivity contribution in [3.05, 3.63) is 108 Å². The van der Waals surface area contributed by atoms with Crippen LogP contribution in [0.25, 0.3) is 11.3 Å². The number of aromatic carboxylic acids is 1. The fourth-order valence-corrected chi connectivity index (χ4v) is 7.14. The van der Waals surface area contributed by atoms with Gasteiger partial charge in [-0.2, -0.15) is 0 Å². The van der Waals surface area contributed by atoms with Gasteiger partial charge in [-0.3, -0.25) is 0 Å². The van der Waals surface area contributed by atoms with Gasteiger partial charge in [-0.1, -0.05) is 6.07 Å². The molecule has 6 heteroatoms. The van der Waals surface area contributed by atoms with Gasteiger partial charge >= 0.3 is 156 Å². The molecular formula is C28H25IrN2O2Se-. The number of pyridine rings is 2. The fourth-order valence-electron chi connectivity index (χ4n) is 4.43. The number of carboxylic acids is 1. The second-order valence-electron chi connectivity index (χ2n) is 7.71. The van der Waals surface area contributed by atoms with Gasteiger partial charge in [0.1, 0.15) is 5.69 Å². The fraction of sp³-hybridized carbons (Fsp3) is 0.179. The normalized spacial score (nSPS) is 12.8. The Morgan fingerprint density at radius 1 is 0.912 bits per heavy atom. The van der Waals surface area contributed by atoms with Crippen LogP contribution in [0.5, 0.6) is 0 Å². The molecule has 4 nitrogen and oxygen atoms in total. The Morgan fingerprint density at radius 3 is 2.18 bits per heavy atom. The van der Waals surface area contributed by atoms with Crippen LogP contribution in [0.2, 0.25) is 0 Å². The number of benzene rings is 2. The van der Waals surface area contributed by atoms with Crippen molar-refractivity contribution in [2.75, 3.05) is 0 Å². The van der Waals surface area contributed by atoms with E-state index in [2.05, 4.69) is 78.4 Å². The molecule has 5 rings (SSSR count). The van der Waals surface area contributed by atoms with Gasteiger partial charge in [-0.05, 0) is 12.1 Å². The Labute approximate surface area is 220 Å². The molecule has 0 saturated carbocycles. The quantitative estimate of drug-likeness (QED) is 0.255. The molecule has 1 aliphatic rings. The molecular weight excluding hydrogens is 667 g/mol. The molecule has 0 bridgehead atoms. The minimum Gasteiger partial charge on any atom is -0.477 e. The second-order valence-corrected chi connectivity index (χ2v) is 9.99. The van der Waals surface area contributed by atoms with Gasteiger partial charge in [-0.25, -0.2) is 9.78 Å². The summed E-state index contributed by atoms with van der Waals surface area (Å²) in [6.07, 6.45) is 5.52. The molecule has 175 valence electrons. The van der Waals surface area contributed by atoms with Crippen LogP contribution in [-0.4, -0.2) is 36.0 Å². The summed E-state index contributed by atoms with van der Waals surface area (Å²) in [6, 6.07) is 27.8. The van der Waals surface area contributed by atoms with Crippen molar-refractivity contribution in [1.29, 1.82) is 0 Å². The van der Waals surface area contributed by atoms with Crippen molar-refractivity contribution < 1.29 is 30.0 Å². The Balaban J connectivity index is 0.000000275. The minimum atomic E-state index is -0.990.